The topological polar surface area (TPSA) is 37.6 Å². The van der Waals surface area contributed by atoms with Crippen LogP contribution in [-0.2, 0) is 25.7 Å². The number of hydrogen-bond acceptors (Lipinski definition) is 3. The first kappa shape index (κ1) is 43.3. The summed E-state index contributed by atoms with van der Waals surface area (Å²) in [5.41, 5.74) is 14.0. The summed E-state index contributed by atoms with van der Waals surface area (Å²) in [6, 6.07) is 15.4. The van der Waals surface area contributed by atoms with Gasteiger partial charge in [-0.05, 0) is 87.8 Å². The average Bonchev–Trinajstić information content (AvgIpc) is 2.88. The molecule has 0 aliphatic rings. The zero-order valence-electron chi connectivity index (χ0n) is 26.7. The Bertz CT molecular complexity index is 1170. The van der Waals surface area contributed by atoms with Gasteiger partial charge in [0.2, 0.25) is 0 Å². The summed E-state index contributed by atoms with van der Waals surface area (Å²) in [7, 11) is 0. The Morgan fingerprint density at radius 3 is 1.12 bits per heavy atom. The van der Waals surface area contributed by atoms with Crippen LogP contribution in [0, 0.1) is 54.7 Å². The van der Waals surface area contributed by atoms with Crippen LogP contribution in [0.4, 0.5) is 11.4 Å². The fraction of sp³-hybridized carbons (Fsp3) is 0.457. The molecule has 0 spiro atoms. The predicted octanol–water partition coefficient (Wildman–Crippen LogP) is 0.802. The van der Waals surface area contributed by atoms with Gasteiger partial charge in [-0.25, -0.2) is 4.98 Å². The van der Waals surface area contributed by atoms with Gasteiger partial charge in [-0.3, -0.25) is 9.98 Å². The van der Waals surface area contributed by atoms with E-state index in [1.165, 1.54) is 33.4 Å². The molecule has 3 nitrogen and oxygen atoms in total. The number of pyridine rings is 1. The number of rotatable bonds is 12. The Kier molecular flexibility index (Phi) is 22.4. The first-order chi connectivity index (χ1) is 18.3. The molecule has 0 N–H and O–H groups in total. The van der Waals surface area contributed by atoms with Gasteiger partial charge in [-0.15, -0.1) is 0 Å². The Morgan fingerprint density at radius 2 is 0.857 bits per heavy atom. The molecule has 0 bridgehead atoms. The molecule has 2 aromatic carbocycles. The zero-order chi connectivity index (χ0) is 27.7. The van der Waals surface area contributed by atoms with Gasteiger partial charge < -0.3 is 37.2 Å². The van der Waals surface area contributed by atoms with E-state index >= 15 is 0 Å². The molecule has 7 heteroatoms. The van der Waals surface area contributed by atoms with Crippen molar-refractivity contribution in [3.05, 3.63) is 87.2 Å². The molecule has 0 unspecified atom stereocenters. The second kappa shape index (κ2) is 21.8. The predicted molar refractivity (Wildman–Crippen MR) is 166 cm³/mol. The second-order valence-corrected chi connectivity index (χ2v) is 10.7. The zero-order valence-corrected chi connectivity index (χ0v) is 32.1. The maximum absolute atomic E-state index is 5.19. The van der Waals surface area contributed by atoms with Crippen LogP contribution in [-0.4, -0.2) is 16.4 Å². The van der Waals surface area contributed by atoms with E-state index in [1.807, 2.05) is 0 Å². The number of nitrogens with zero attached hydrogens (tertiary/aromatic N) is 3. The number of hydrogen-bond donors (Lipinski definition) is 0. The van der Waals surface area contributed by atoms with E-state index in [4.69, 9.17) is 15.0 Å². The third-order valence-corrected chi connectivity index (χ3v) is 6.95. The quantitative estimate of drug-likeness (QED) is 0.252. The van der Waals surface area contributed by atoms with Crippen LogP contribution in [0.1, 0.15) is 112 Å². The molecule has 0 saturated heterocycles. The van der Waals surface area contributed by atoms with Crippen LogP contribution in [0.5, 0.6) is 0 Å². The van der Waals surface area contributed by atoms with Gasteiger partial charge in [0.25, 0.3) is 0 Å². The van der Waals surface area contributed by atoms with Crippen molar-refractivity contribution in [2.24, 2.45) is 9.98 Å². The van der Waals surface area contributed by atoms with Crippen molar-refractivity contribution in [2.75, 3.05) is 0 Å². The van der Waals surface area contributed by atoms with Crippen molar-refractivity contribution >= 4 is 22.8 Å². The smallest absolute Gasteiger partial charge is 1.00 e. The van der Waals surface area contributed by atoms with Crippen LogP contribution < -0.4 is 37.2 Å². The normalized spacial score (nSPS) is 11.1. The summed E-state index contributed by atoms with van der Waals surface area (Å²) in [5, 5.41) is 0. The molecule has 0 aliphatic carbocycles. The summed E-state index contributed by atoms with van der Waals surface area (Å²) in [6.45, 7) is 17.5. The molecule has 0 atom stereocenters. The Balaban J connectivity index is 0. The van der Waals surface area contributed by atoms with Crippen molar-refractivity contribution in [3.63, 3.8) is 0 Å². The SMILES string of the molecule is CCCc1cc(C)cc(CCC)c1N=C(C)c1cccc(C(C)=Nc2c(CCC)cc(C)cc2CCC)n1.[Cl-].[Cl-].[Cl-].[Nd+3]. The standard InChI is InChI=1S/C35H47N3.3ClH.Nd/c1-9-14-28-20-24(5)21-29(15-10-2)34(28)36-26(7)32-18-13-19-33(38-32)27(8)37-35-30(16-11-3)22-25(6)23-31(35)17-12-4;;;;/h13,18-23H,9-12,14-17H2,1-8H3;3*1H;/q;;;;+3/p-3. The van der Waals surface area contributed by atoms with E-state index in [0.29, 0.717) is 0 Å². The number of halogens is 3. The van der Waals surface area contributed by atoms with Gasteiger partial charge in [-0.2, -0.15) is 0 Å². The minimum atomic E-state index is 0. The van der Waals surface area contributed by atoms with E-state index in [9.17, 15) is 0 Å². The van der Waals surface area contributed by atoms with Crippen LogP contribution in [0.2, 0.25) is 0 Å². The van der Waals surface area contributed by atoms with Gasteiger partial charge in [0.1, 0.15) is 0 Å². The van der Waals surface area contributed by atoms with Gasteiger partial charge in [-0.1, -0.05) is 94.8 Å². The second-order valence-electron chi connectivity index (χ2n) is 10.7. The van der Waals surface area contributed by atoms with Crippen LogP contribution in [0.15, 0.2) is 52.4 Å². The molecule has 1 radical (unpaired) electrons. The minimum absolute atomic E-state index is 0. The molecular weight excluding hydrogens is 713 g/mol. The molecule has 227 valence electrons. The van der Waals surface area contributed by atoms with Crippen molar-refractivity contribution in [1.29, 1.82) is 0 Å². The largest absolute Gasteiger partial charge is 3.00 e. The van der Waals surface area contributed by atoms with E-state index in [1.54, 1.807) is 0 Å². The monoisotopic (exact) mass is 756 g/mol. The Morgan fingerprint density at radius 1 is 0.571 bits per heavy atom. The molecule has 0 aliphatic heterocycles. The van der Waals surface area contributed by atoms with E-state index in [-0.39, 0.29) is 78.1 Å². The van der Waals surface area contributed by atoms with Crippen molar-refractivity contribution in [2.45, 2.75) is 107 Å². The summed E-state index contributed by atoms with van der Waals surface area (Å²) >= 11 is 0. The Labute approximate surface area is 307 Å². The summed E-state index contributed by atoms with van der Waals surface area (Å²) < 4.78 is 0. The minimum Gasteiger partial charge on any atom is -1.00 e. The summed E-state index contributed by atoms with van der Waals surface area (Å²) in [6.07, 6.45) is 8.61. The molecule has 3 rings (SSSR count). The molecule has 1 heterocycles. The first-order valence-corrected chi connectivity index (χ1v) is 14.6. The maximum Gasteiger partial charge on any atom is 3.00 e. The molecule has 0 fully saturated rings. The van der Waals surface area contributed by atoms with E-state index < -0.39 is 0 Å². The van der Waals surface area contributed by atoms with Gasteiger partial charge in [0.15, 0.2) is 0 Å². The fourth-order valence-corrected chi connectivity index (χ4v) is 5.28. The van der Waals surface area contributed by atoms with Crippen LogP contribution in [0.25, 0.3) is 0 Å². The van der Waals surface area contributed by atoms with Crippen LogP contribution >= 0.6 is 0 Å². The maximum atomic E-state index is 5.19. The van der Waals surface area contributed by atoms with Gasteiger partial charge >= 0.3 is 40.8 Å². The van der Waals surface area contributed by atoms with Gasteiger partial charge in [0.05, 0.1) is 34.2 Å². The molecule has 3 aromatic rings. The van der Waals surface area contributed by atoms with Gasteiger partial charge in [0, 0.05) is 0 Å². The van der Waals surface area contributed by atoms with Crippen molar-refractivity contribution in [3.8, 4) is 0 Å². The number of benzene rings is 2. The summed E-state index contributed by atoms with van der Waals surface area (Å²) in [5.74, 6) is 0. The summed E-state index contributed by atoms with van der Waals surface area (Å²) in [4.78, 5) is 15.4. The number of aromatic nitrogens is 1. The number of aliphatic imine (C=N–C) groups is 2. The Hall–Kier alpha value is -0.849. The van der Waals surface area contributed by atoms with Crippen molar-refractivity contribution in [1.82, 2.24) is 4.98 Å². The van der Waals surface area contributed by atoms with E-state index in [0.717, 1.165) is 85.6 Å². The van der Waals surface area contributed by atoms with E-state index in [2.05, 4.69) is 97.9 Å². The third-order valence-electron chi connectivity index (χ3n) is 6.95. The molecule has 0 saturated carbocycles. The average molecular weight is 760 g/mol. The molecular formula is C35H47Cl3N3Nd. The van der Waals surface area contributed by atoms with Crippen molar-refractivity contribution < 1.29 is 78.1 Å². The van der Waals surface area contributed by atoms with Crippen LogP contribution in [0.3, 0.4) is 0 Å². The number of aryl methyl sites for hydroxylation is 6. The third kappa shape index (κ3) is 11.9. The molecule has 0 amide bonds. The first-order valence-electron chi connectivity index (χ1n) is 14.6. The molecule has 42 heavy (non-hydrogen) atoms. The fourth-order valence-electron chi connectivity index (χ4n) is 5.28. The molecule has 1 aromatic heterocycles.